The number of benzene rings is 1. The largest absolute Gasteiger partial charge is 0.355 e. The highest BCUT2D eigenvalue weighted by atomic mass is 14.9. The Kier molecular flexibility index (Phi) is 4.84. The highest BCUT2D eigenvalue weighted by molar-refractivity contribution is 5.61. The SMILES string of the molecule is C#Cc1ccccc1NC(=C)/C=C\C(=C)CC. The summed E-state index contributed by atoms with van der Waals surface area (Å²) >= 11 is 0. The third-order valence-electron chi connectivity index (χ3n) is 2.35. The lowest BCUT2D eigenvalue weighted by Crippen LogP contribution is -1.97. The molecule has 1 rings (SSSR count). The van der Waals surface area contributed by atoms with Crippen molar-refractivity contribution in [2.45, 2.75) is 13.3 Å². The van der Waals surface area contributed by atoms with Gasteiger partial charge in [0.2, 0.25) is 0 Å². The lowest BCUT2D eigenvalue weighted by molar-refractivity contribution is 1.16. The maximum atomic E-state index is 5.42. The number of para-hydroxylation sites is 1. The number of terminal acetylenes is 1. The first kappa shape index (κ1) is 12.9. The van der Waals surface area contributed by atoms with Gasteiger partial charge in [0.05, 0.1) is 5.69 Å². The molecule has 1 N–H and O–H groups in total. The molecular weight excluding hydrogens is 206 g/mol. The van der Waals surface area contributed by atoms with Gasteiger partial charge in [-0.1, -0.05) is 49.8 Å². The first-order valence-corrected chi connectivity index (χ1v) is 5.54. The Morgan fingerprint density at radius 2 is 2.06 bits per heavy atom. The molecule has 0 atom stereocenters. The molecule has 0 aliphatic carbocycles. The molecule has 1 nitrogen and oxygen atoms in total. The van der Waals surface area contributed by atoms with E-state index in [1.165, 1.54) is 0 Å². The Morgan fingerprint density at radius 3 is 2.71 bits per heavy atom. The molecule has 0 saturated carbocycles. The molecule has 0 bridgehead atoms. The summed E-state index contributed by atoms with van der Waals surface area (Å²) in [5, 5.41) is 3.18. The fourth-order valence-electron chi connectivity index (χ4n) is 1.27. The van der Waals surface area contributed by atoms with Gasteiger partial charge in [0.15, 0.2) is 0 Å². The van der Waals surface area contributed by atoms with E-state index in [9.17, 15) is 0 Å². The van der Waals surface area contributed by atoms with E-state index in [1.807, 2.05) is 36.4 Å². The molecule has 1 heteroatoms. The number of nitrogens with one attached hydrogen (secondary N) is 1. The second-order valence-corrected chi connectivity index (χ2v) is 3.69. The lowest BCUT2D eigenvalue weighted by Gasteiger charge is -2.08. The molecule has 0 unspecified atom stereocenters. The highest BCUT2D eigenvalue weighted by Gasteiger charge is 1.97. The standard InChI is InChI=1S/C16H17N/c1-5-13(3)11-12-14(4)17-16-10-8-7-9-15(16)6-2/h2,7-12,17H,3-5H2,1H3/b12-11-. The van der Waals surface area contributed by atoms with E-state index < -0.39 is 0 Å². The van der Waals surface area contributed by atoms with Crippen LogP contribution < -0.4 is 5.32 Å². The minimum Gasteiger partial charge on any atom is -0.355 e. The molecule has 0 heterocycles. The van der Waals surface area contributed by atoms with Crippen LogP contribution in [-0.4, -0.2) is 0 Å². The van der Waals surface area contributed by atoms with E-state index in [0.717, 1.165) is 28.9 Å². The van der Waals surface area contributed by atoms with Gasteiger partial charge in [0, 0.05) is 11.3 Å². The Hall–Kier alpha value is -2.20. The predicted molar refractivity (Wildman–Crippen MR) is 75.7 cm³/mol. The molecule has 0 aliphatic rings. The van der Waals surface area contributed by atoms with Gasteiger partial charge < -0.3 is 5.32 Å². The number of anilines is 1. The quantitative estimate of drug-likeness (QED) is 0.585. The number of allylic oxidation sites excluding steroid dienone is 3. The predicted octanol–water partition coefficient (Wildman–Crippen LogP) is 4.12. The first-order chi connectivity index (χ1) is 8.17. The summed E-state index contributed by atoms with van der Waals surface area (Å²) < 4.78 is 0. The third kappa shape index (κ3) is 4.04. The summed E-state index contributed by atoms with van der Waals surface area (Å²) in [6.07, 6.45) is 10.2. The molecule has 0 aromatic heterocycles. The fourth-order valence-corrected chi connectivity index (χ4v) is 1.27. The van der Waals surface area contributed by atoms with Crippen molar-refractivity contribution in [3.63, 3.8) is 0 Å². The van der Waals surface area contributed by atoms with Gasteiger partial charge in [0.25, 0.3) is 0 Å². The maximum Gasteiger partial charge on any atom is 0.0543 e. The van der Waals surface area contributed by atoms with E-state index in [1.54, 1.807) is 0 Å². The van der Waals surface area contributed by atoms with Crippen molar-refractivity contribution in [3.05, 3.63) is 66.4 Å². The molecule has 0 radical (unpaired) electrons. The summed E-state index contributed by atoms with van der Waals surface area (Å²) in [6, 6.07) is 7.68. The Bertz CT molecular complexity index is 486. The molecular formula is C16H17N. The third-order valence-corrected chi connectivity index (χ3v) is 2.35. The van der Waals surface area contributed by atoms with Gasteiger partial charge in [-0.3, -0.25) is 0 Å². The van der Waals surface area contributed by atoms with E-state index in [0.29, 0.717) is 0 Å². The fraction of sp³-hybridized carbons (Fsp3) is 0.125. The van der Waals surface area contributed by atoms with Gasteiger partial charge in [-0.2, -0.15) is 0 Å². The van der Waals surface area contributed by atoms with Crippen molar-refractivity contribution in [1.82, 2.24) is 0 Å². The van der Waals surface area contributed by atoms with Crippen molar-refractivity contribution < 1.29 is 0 Å². The van der Waals surface area contributed by atoms with Crippen LogP contribution >= 0.6 is 0 Å². The lowest BCUT2D eigenvalue weighted by atomic mass is 10.1. The average molecular weight is 223 g/mol. The first-order valence-electron chi connectivity index (χ1n) is 5.54. The molecule has 17 heavy (non-hydrogen) atoms. The van der Waals surface area contributed by atoms with E-state index in [-0.39, 0.29) is 0 Å². The Balaban J connectivity index is 2.72. The van der Waals surface area contributed by atoms with Crippen LogP contribution in [-0.2, 0) is 0 Å². The number of hydrogen-bond donors (Lipinski definition) is 1. The molecule has 0 saturated heterocycles. The highest BCUT2D eigenvalue weighted by Crippen LogP contribution is 2.16. The van der Waals surface area contributed by atoms with Gasteiger partial charge in [-0.05, 0) is 24.6 Å². The summed E-state index contributed by atoms with van der Waals surface area (Å²) in [5.74, 6) is 2.63. The van der Waals surface area contributed by atoms with Crippen LogP contribution in [0.3, 0.4) is 0 Å². The van der Waals surface area contributed by atoms with Crippen LogP contribution in [0, 0.1) is 12.3 Å². The zero-order valence-corrected chi connectivity index (χ0v) is 10.2. The minimum atomic E-state index is 0.794. The minimum absolute atomic E-state index is 0.794. The van der Waals surface area contributed by atoms with Crippen LogP contribution in [0.15, 0.2) is 60.8 Å². The monoisotopic (exact) mass is 223 g/mol. The summed E-state index contributed by atoms with van der Waals surface area (Å²) in [7, 11) is 0. The van der Waals surface area contributed by atoms with Crippen molar-refractivity contribution >= 4 is 5.69 Å². The second kappa shape index (κ2) is 6.40. The van der Waals surface area contributed by atoms with Crippen molar-refractivity contribution in [2.75, 3.05) is 5.32 Å². The second-order valence-electron chi connectivity index (χ2n) is 3.69. The van der Waals surface area contributed by atoms with Crippen LogP contribution in [0.5, 0.6) is 0 Å². The zero-order chi connectivity index (χ0) is 12.7. The molecule has 1 aromatic rings. The number of rotatable bonds is 5. The van der Waals surface area contributed by atoms with Crippen molar-refractivity contribution in [3.8, 4) is 12.3 Å². The molecule has 0 fully saturated rings. The summed E-state index contributed by atoms with van der Waals surface area (Å²) in [6.45, 7) is 9.89. The molecule has 0 aliphatic heterocycles. The topological polar surface area (TPSA) is 12.0 Å². The molecule has 86 valence electrons. The maximum absolute atomic E-state index is 5.42. The van der Waals surface area contributed by atoms with E-state index >= 15 is 0 Å². The van der Waals surface area contributed by atoms with Crippen molar-refractivity contribution in [1.29, 1.82) is 0 Å². The molecule has 0 spiro atoms. The zero-order valence-electron chi connectivity index (χ0n) is 10.2. The smallest absolute Gasteiger partial charge is 0.0543 e. The summed E-state index contributed by atoms with van der Waals surface area (Å²) in [4.78, 5) is 0. The van der Waals surface area contributed by atoms with Crippen LogP contribution in [0.2, 0.25) is 0 Å². The molecule has 1 aromatic carbocycles. The van der Waals surface area contributed by atoms with Crippen LogP contribution in [0.25, 0.3) is 0 Å². The van der Waals surface area contributed by atoms with Crippen molar-refractivity contribution in [2.24, 2.45) is 0 Å². The Morgan fingerprint density at radius 1 is 1.35 bits per heavy atom. The molecule has 0 amide bonds. The normalized spacial score (nSPS) is 9.88. The van der Waals surface area contributed by atoms with Gasteiger partial charge >= 0.3 is 0 Å². The van der Waals surface area contributed by atoms with Gasteiger partial charge in [-0.15, -0.1) is 6.42 Å². The van der Waals surface area contributed by atoms with E-state index in [4.69, 9.17) is 6.42 Å². The number of hydrogen-bond acceptors (Lipinski definition) is 1. The van der Waals surface area contributed by atoms with Crippen LogP contribution in [0.1, 0.15) is 18.9 Å². The van der Waals surface area contributed by atoms with Gasteiger partial charge in [-0.25, -0.2) is 0 Å². The average Bonchev–Trinajstić information content (AvgIpc) is 2.36. The van der Waals surface area contributed by atoms with E-state index in [2.05, 4.69) is 31.3 Å². The Labute approximate surface area is 104 Å². The van der Waals surface area contributed by atoms with Crippen LogP contribution in [0.4, 0.5) is 5.69 Å². The van der Waals surface area contributed by atoms with Gasteiger partial charge in [0.1, 0.15) is 0 Å². The summed E-state index contributed by atoms with van der Waals surface area (Å²) in [5.41, 5.74) is 3.59.